The van der Waals surface area contributed by atoms with Gasteiger partial charge in [0.05, 0.1) is 5.69 Å². The van der Waals surface area contributed by atoms with Crippen molar-refractivity contribution >= 4 is 5.65 Å². The molecule has 0 saturated carbocycles. The van der Waals surface area contributed by atoms with Gasteiger partial charge in [-0.3, -0.25) is 0 Å². The maximum absolute atomic E-state index is 4.55. The zero-order valence-corrected chi connectivity index (χ0v) is 9.17. The fraction of sp³-hybridized carbons (Fsp3) is 0.154. The summed E-state index contributed by atoms with van der Waals surface area (Å²) in [6, 6.07) is 12.4. The fourth-order valence-electron chi connectivity index (χ4n) is 1.95. The molecule has 0 unspecified atom stereocenters. The standard InChI is InChI=1S/C13H13N3/c1-2-15-8-9-16-13(15)10-12(14-16)11-6-4-3-5-7-11/h3-10H,2H2,1H3. The van der Waals surface area contributed by atoms with Crippen molar-refractivity contribution < 1.29 is 0 Å². The molecular formula is C13H13N3. The van der Waals surface area contributed by atoms with Gasteiger partial charge < -0.3 is 4.57 Å². The van der Waals surface area contributed by atoms with E-state index in [1.807, 2.05) is 28.9 Å². The van der Waals surface area contributed by atoms with Gasteiger partial charge in [0.1, 0.15) is 5.65 Å². The summed E-state index contributed by atoms with van der Waals surface area (Å²) >= 11 is 0. The predicted octanol–water partition coefficient (Wildman–Crippen LogP) is 2.82. The van der Waals surface area contributed by atoms with Gasteiger partial charge in [0.2, 0.25) is 0 Å². The lowest BCUT2D eigenvalue weighted by molar-refractivity contribution is 0.789. The third kappa shape index (κ3) is 1.33. The van der Waals surface area contributed by atoms with Crippen molar-refractivity contribution in [3.05, 3.63) is 48.8 Å². The first kappa shape index (κ1) is 9.21. The molecule has 0 atom stereocenters. The predicted molar refractivity (Wildman–Crippen MR) is 64.3 cm³/mol. The van der Waals surface area contributed by atoms with E-state index in [4.69, 9.17) is 0 Å². The van der Waals surface area contributed by atoms with Crippen LogP contribution in [0.25, 0.3) is 16.9 Å². The summed E-state index contributed by atoms with van der Waals surface area (Å²) in [5.41, 5.74) is 3.33. The highest BCUT2D eigenvalue weighted by atomic mass is 15.3. The van der Waals surface area contributed by atoms with Crippen LogP contribution in [0.5, 0.6) is 0 Å². The van der Waals surface area contributed by atoms with Crippen LogP contribution >= 0.6 is 0 Å². The number of fused-ring (bicyclic) bond motifs is 1. The second-order valence-corrected chi connectivity index (χ2v) is 3.78. The Kier molecular flexibility index (Phi) is 2.03. The Hall–Kier alpha value is -2.03. The molecule has 0 aliphatic carbocycles. The van der Waals surface area contributed by atoms with Gasteiger partial charge in [-0.15, -0.1) is 0 Å². The molecule has 0 radical (unpaired) electrons. The van der Waals surface area contributed by atoms with Crippen LogP contribution < -0.4 is 0 Å². The Bertz CT molecular complexity index is 604. The third-order valence-electron chi connectivity index (χ3n) is 2.81. The topological polar surface area (TPSA) is 22.2 Å². The van der Waals surface area contributed by atoms with E-state index < -0.39 is 0 Å². The number of benzene rings is 1. The number of imidazole rings is 1. The molecule has 80 valence electrons. The van der Waals surface area contributed by atoms with Gasteiger partial charge in [-0.2, -0.15) is 5.10 Å². The number of aryl methyl sites for hydroxylation is 1. The molecule has 0 saturated heterocycles. The van der Waals surface area contributed by atoms with Crippen LogP contribution in [0.15, 0.2) is 48.8 Å². The van der Waals surface area contributed by atoms with Crippen molar-refractivity contribution in [2.24, 2.45) is 0 Å². The van der Waals surface area contributed by atoms with Gasteiger partial charge in [-0.25, -0.2) is 4.52 Å². The average molecular weight is 211 g/mol. The fourth-order valence-corrected chi connectivity index (χ4v) is 1.95. The molecule has 2 aromatic heterocycles. The van der Waals surface area contributed by atoms with E-state index in [9.17, 15) is 0 Å². The minimum Gasteiger partial charge on any atom is -0.332 e. The smallest absolute Gasteiger partial charge is 0.136 e. The Balaban J connectivity index is 2.16. The first-order valence-corrected chi connectivity index (χ1v) is 5.48. The summed E-state index contributed by atoms with van der Waals surface area (Å²) in [6.45, 7) is 3.10. The lowest BCUT2D eigenvalue weighted by Crippen LogP contribution is -1.90. The Labute approximate surface area is 93.9 Å². The summed E-state index contributed by atoms with van der Waals surface area (Å²) in [6.07, 6.45) is 4.04. The molecular weight excluding hydrogens is 198 g/mol. The summed E-state index contributed by atoms with van der Waals surface area (Å²) in [5, 5.41) is 4.55. The zero-order chi connectivity index (χ0) is 11.0. The van der Waals surface area contributed by atoms with Gasteiger partial charge in [0.15, 0.2) is 0 Å². The van der Waals surface area contributed by atoms with E-state index in [0.717, 1.165) is 23.4 Å². The average Bonchev–Trinajstić information content (AvgIpc) is 2.89. The van der Waals surface area contributed by atoms with Crippen LogP contribution in [0.1, 0.15) is 6.92 Å². The molecule has 0 aliphatic heterocycles. The van der Waals surface area contributed by atoms with Crippen molar-refractivity contribution in [1.29, 1.82) is 0 Å². The van der Waals surface area contributed by atoms with Crippen LogP contribution in [0, 0.1) is 0 Å². The Morgan fingerprint density at radius 3 is 2.69 bits per heavy atom. The van der Waals surface area contributed by atoms with Crippen molar-refractivity contribution in [3.63, 3.8) is 0 Å². The van der Waals surface area contributed by atoms with Crippen LogP contribution in [-0.2, 0) is 6.54 Å². The van der Waals surface area contributed by atoms with Gasteiger partial charge >= 0.3 is 0 Å². The minimum absolute atomic E-state index is 0.969. The molecule has 0 amide bonds. The lowest BCUT2D eigenvalue weighted by Gasteiger charge is -1.95. The lowest BCUT2D eigenvalue weighted by atomic mass is 10.2. The second-order valence-electron chi connectivity index (χ2n) is 3.78. The van der Waals surface area contributed by atoms with E-state index in [1.165, 1.54) is 0 Å². The first-order chi connectivity index (χ1) is 7.88. The molecule has 0 N–H and O–H groups in total. The van der Waals surface area contributed by atoms with Crippen LogP contribution in [0.2, 0.25) is 0 Å². The van der Waals surface area contributed by atoms with Gasteiger partial charge in [0.25, 0.3) is 0 Å². The van der Waals surface area contributed by atoms with Crippen LogP contribution in [-0.4, -0.2) is 14.2 Å². The zero-order valence-electron chi connectivity index (χ0n) is 9.17. The van der Waals surface area contributed by atoms with E-state index in [2.05, 4.69) is 41.0 Å². The van der Waals surface area contributed by atoms with E-state index >= 15 is 0 Å². The molecule has 0 aliphatic rings. The summed E-state index contributed by atoms with van der Waals surface area (Å²) in [7, 11) is 0. The normalized spacial score (nSPS) is 11.1. The molecule has 2 heterocycles. The first-order valence-electron chi connectivity index (χ1n) is 5.48. The number of nitrogens with zero attached hydrogens (tertiary/aromatic N) is 3. The maximum Gasteiger partial charge on any atom is 0.136 e. The highest BCUT2D eigenvalue weighted by Crippen LogP contribution is 2.19. The molecule has 16 heavy (non-hydrogen) atoms. The SMILES string of the molecule is CCn1ccn2nc(-c3ccccc3)cc12. The molecule has 3 heteroatoms. The highest BCUT2D eigenvalue weighted by Gasteiger charge is 2.06. The van der Waals surface area contributed by atoms with Gasteiger partial charge in [-0.1, -0.05) is 30.3 Å². The molecule has 0 fully saturated rings. The van der Waals surface area contributed by atoms with Crippen molar-refractivity contribution in [2.75, 3.05) is 0 Å². The minimum atomic E-state index is 0.969. The largest absolute Gasteiger partial charge is 0.332 e. The Morgan fingerprint density at radius 2 is 1.94 bits per heavy atom. The third-order valence-corrected chi connectivity index (χ3v) is 2.81. The number of hydrogen-bond acceptors (Lipinski definition) is 1. The summed E-state index contributed by atoms with van der Waals surface area (Å²) in [4.78, 5) is 0. The molecule has 3 rings (SSSR count). The monoisotopic (exact) mass is 211 g/mol. The maximum atomic E-state index is 4.55. The van der Waals surface area contributed by atoms with Gasteiger partial charge in [-0.05, 0) is 6.92 Å². The quantitative estimate of drug-likeness (QED) is 0.639. The van der Waals surface area contributed by atoms with E-state index in [-0.39, 0.29) is 0 Å². The molecule has 1 aromatic carbocycles. The van der Waals surface area contributed by atoms with Crippen molar-refractivity contribution in [1.82, 2.24) is 14.2 Å². The highest BCUT2D eigenvalue weighted by molar-refractivity contribution is 5.64. The number of aromatic nitrogens is 3. The molecule has 0 spiro atoms. The summed E-state index contributed by atoms with van der Waals surface area (Å²) < 4.78 is 4.10. The van der Waals surface area contributed by atoms with Crippen molar-refractivity contribution in [2.45, 2.75) is 13.5 Å². The van der Waals surface area contributed by atoms with Crippen LogP contribution in [0.4, 0.5) is 0 Å². The molecule has 3 aromatic rings. The van der Waals surface area contributed by atoms with Crippen LogP contribution in [0.3, 0.4) is 0 Å². The van der Waals surface area contributed by atoms with E-state index in [0.29, 0.717) is 0 Å². The summed E-state index contributed by atoms with van der Waals surface area (Å²) in [5.74, 6) is 0. The second kappa shape index (κ2) is 3.52. The van der Waals surface area contributed by atoms with E-state index in [1.54, 1.807) is 0 Å². The van der Waals surface area contributed by atoms with Gasteiger partial charge in [0, 0.05) is 30.6 Å². The Morgan fingerprint density at radius 1 is 1.12 bits per heavy atom. The van der Waals surface area contributed by atoms with Crippen molar-refractivity contribution in [3.8, 4) is 11.3 Å². The number of rotatable bonds is 2. The molecule has 0 bridgehead atoms. The number of hydrogen-bond donors (Lipinski definition) is 0. The molecule has 3 nitrogen and oxygen atoms in total.